The predicted molar refractivity (Wildman–Crippen MR) is 120 cm³/mol. The number of carbonyl (C=O) groups is 1. The Kier molecular flexibility index (Phi) is 7.05. The van der Waals surface area contributed by atoms with Crippen molar-refractivity contribution in [2.45, 2.75) is 43.6 Å². The topological polar surface area (TPSA) is 59.8 Å². The Labute approximate surface area is 180 Å². The molecule has 1 unspecified atom stereocenters. The lowest BCUT2D eigenvalue weighted by Gasteiger charge is -2.16. The molecule has 0 aliphatic rings. The zero-order valence-corrected chi connectivity index (χ0v) is 18.1. The highest BCUT2D eigenvalue weighted by atomic mass is 32.2. The van der Waals surface area contributed by atoms with Crippen LogP contribution in [0, 0.1) is 5.82 Å². The van der Waals surface area contributed by atoms with Crippen LogP contribution in [0.4, 0.5) is 10.1 Å². The number of para-hydroxylation sites is 1. The number of nitrogens with zero attached hydrogens (tertiary/aromatic N) is 3. The minimum absolute atomic E-state index is 0.131. The smallest absolute Gasteiger partial charge is 0.237 e. The van der Waals surface area contributed by atoms with Crippen LogP contribution in [0.25, 0.3) is 11.4 Å². The van der Waals surface area contributed by atoms with E-state index in [9.17, 15) is 9.18 Å². The van der Waals surface area contributed by atoms with Gasteiger partial charge in [-0.3, -0.25) is 9.36 Å². The number of halogens is 1. The van der Waals surface area contributed by atoms with Crippen molar-refractivity contribution in [3.63, 3.8) is 0 Å². The van der Waals surface area contributed by atoms with Crippen molar-refractivity contribution < 1.29 is 9.18 Å². The van der Waals surface area contributed by atoms with Crippen molar-refractivity contribution in [2.75, 3.05) is 5.32 Å². The Bertz CT molecular complexity index is 1050. The molecule has 1 atom stereocenters. The maximum Gasteiger partial charge on any atom is 0.237 e. The van der Waals surface area contributed by atoms with Gasteiger partial charge in [-0.1, -0.05) is 62.0 Å². The van der Waals surface area contributed by atoms with Gasteiger partial charge >= 0.3 is 0 Å². The normalized spacial score (nSPS) is 12.0. The molecule has 0 bridgehead atoms. The Morgan fingerprint density at radius 2 is 1.87 bits per heavy atom. The van der Waals surface area contributed by atoms with E-state index in [-0.39, 0.29) is 11.7 Å². The van der Waals surface area contributed by atoms with Crippen LogP contribution in [0.1, 0.15) is 32.3 Å². The van der Waals surface area contributed by atoms with Crippen molar-refractivity contribution >= 4 is 23.4 Å². The minimum Gasteiger partial charge on any atom is -0.325 e. The van der Waals surface area contributed by atoms with E-state index in [4.69, 9.17) is 0 Å². The Morgan fingerprint density at radius 3 is 2.57 bits per heavy atom. The molecule has 0 radical (unpaired) electrons. The number of benzene rings is 2. The van der Waals surface area contributed by atoms with Crippen LogP contribution < -0.4 is 5.32 Å². The van der Waals surface area contributed by atoms with Crippen LogP contribution in [-0.2, 0) is 11.3 Å². The average Bonchev–Trinajstić information content (AvgIpc) is 3.11. The largest absolute Gasteiger partial charge is 0.325 e. The van der Waals surface area contributed by atoms with E-state index in [1.54, 1.807) is 28.8 Å². The number of carbonyl (C=O) groups excluding carboxylic acids is 1. The van der Waals surface area contributed by atoms with E-state index in [0.29, 0.717) is 29.0 Å². The van der Waals surface area contributed by atoms with Crippen molar-refractivity contribution in [1.29, 1.82) is 0 Å². The summed E-state index contributed by atoms with van der Waals surface area (Å²) < 4.78 is 16.0. The lowest BCUT2D eigenvalue weighted by molar-refractivity contribution is -0.115. The lowest BCUT2D eigenvalue weighted by Crippen LogP contribution is -2.23. The number of aromatic nitrogens is 3. The van der Waals surface area contributed by atoms with E-state index in [1.807, 2.05) is 31.2 Å². The number of anilines is 1. The van der Waals surface area contributed by atoms with Gasteiger partial charge in [0.05, 0.1) is 10.8 Å². The highest BCUT2D eigenvalue weighted by Gasteiger charge is 2.22. The van der Waals surface area contributed by atoms with Crippen molar-refractivity contribution in [2.24, 2.45) is 0 Å². The maximum absolute atomic E-state index is 14.3. The van der Waals surface area contributed by atoms with Crippen molar-refractivity contribution in [1.82, 2.24) is 14.8 Å². The van der Waals surface area contributed by atoms with Gasteiger partial charge in [-0.15, -0.1) is 16.8 Å². The van der Waals surface area contributed by atoms with Gasteiger partial charge in [-0.05, 0) is 36.6 Å². The number of rotatable bonds is 8. The third-order valence-corrected chi connectivity index (χ3v) is 5.72. The van der Waals surface area contributed by atoms with Crippen LogP contribution in [0.3, 0.4) is 0 Å². The zero-order chi connectivity index (χ0) is 21.7. The van der Waals surface area contributed by atoms with Gasteiger partial charge in [0.2, 0.25) is 5.91 Å². The first-order valence-corrected chi connectivity index (χ1v) is 10.7. The van der Waals surface area contributed by atoms with Crippen LogP contribution in [-0.4, -0.2) is 25.9 Å². The number of thioether (sulfide) groups is 1. The number of hydrogen-bond acceptors (Lipinski definition) is 4. The van der Waals surface area contributed by atoms with Crippen molar-refractivity contribution in [3.8, 4) is 11.4 Å². The molecule has 0 spiro atoms. The Balaban J connectivity index is 1.81. The molecular weight excluding hydrogens is 399 g/mol. The first-order chi connectivity index (χ1) is 14.4. The quantitative estimate of drug-likeness (QED) is 0.382. The summed E-state index contributed by atoms with van der Waals surface area (Å²) in [6.07, 6.45) is 1.70. The highest BCUT2D eigenvalue weighted by Crippen LogP contribution is 2.29. The van der Waals surface area contributed by atoms with Crippen LogP contribution in [0.2, 0.25) is 0 Å². The molecule has 1 N–H and O–H groups in total. The summed E-state index contributed by atoms with van der Waals surface area (Å²) in [5.74, 6) is 0.202. The maximum atomic E-state index is 14.3. The summed E-state index contributed by atoms with van der Waals surface area (Å²) >= 11 is 1.28. The predicted octanol–water partition coefficient (Wildman–Crippen LogP) is 5.51. The number of nitrogens with one attached hydrogen (secondary N) is 1. The SMILES string of the molecule is C=CCn1c(SC(C)C(=O)Nc2ccccc2C(C)C)nnc1-c1ccccc1F. The number of allylic oxidation sites excluding steroid dienone is 1. The molecule has 1 heterocycles. The summed E-state index contributed by atoms with van der Waals surface area (Å²) in [5, 5.41) is 11.5. The van der Waals surface area contributed by atoms with Crippen molar-refractivity contribution in [3.05, 3.63) is 72.6 Å². The van der Waals surface area contributed by atoms with E-state index in [0.717, 1.165) is 11.3 Å². The van der Waals surface area contributed by atoms with Crippen LogP contribution in [0.5, 0.6) is 0 Å². The summed E-state index contributed by atoms with van der Waals surface area (Å²) in [6, 6.07) is 14.2. The standard InChI is InChI=1S/C23H25FN4OS/c1-5-14-28-21(18-11-6-8-12-19(18)24)26-27-23(28)30-16(4)22(29)25-20-13-9-7-10-17(20)15(2)3/h5-13,15-16H,1,14H2,2-4H3,(H,25,29). The summed E-state index contributed by atoms with van der Waals surface area (Å²) in [5.41, 5.74) is 2.26. The summed E-state index contributed by atoms with van der Waals surface area (Å²) in [7, 11) is 0. The van der Waals surface area contributed by atoms with Gasteiger partial charge in [0.25, 0.3) is 0 Å². The molecule has 0 saturated heterocycles. The molecule has 0 saturated carbocycles. The molecule has 30 heavy (non-hydrogen) atoms. The molecule has 1 amide bonds. The van der Waals surface area contributed by atoms with Gasteiger partial charge in [0.15, 0.2) is 11.0 Å². The van der Waals surface area contributed by atoms with E-state index in [2.05, 4.69) is 35.9 Å². The first kappa shape index (κ1) is 21.8. The molecule has 3 rings (SSSR count). The van der Waals surface area contributed by atoms with Gasteiger partial charge in [0, 0.05) is 12.2 Å². The third-order valence-electron chi connectivity index (χ3n) is 4.64. The van der Waals surface area contributed by atoms with Crippen LogP contribution in [0.15, 0.2) is 66.3 Å². The molecule has 5 nitrogen and oxygen atoms in total. The van der Waals surface area contributed by atoms with E-state index in [1.165, 1.54) is 17.8 Å². The van der Waals surface area contributed by atoms with Crippen LogP contribution >= 0.6 is 11.8 Å². The fourth-order valence-electron chi connectivity index (χ4n) is 3.07. The second-order valence-electron chi connectivity index (χ2n) is 7.18. The lowest BCUT2D eigenvalue weighted by atomic mass is 10.0. The monoisotopic (exact) mass is 424 g/mol. The fourth-order valence-corrected chi connectivity index (χ4v) is 3.93. The third kappa shape index (κ3) is 4.79. The second kappa shape index (κ2) is 9.71. The highest BCUT2D eigenvalue weighted by molar-refractivity contribution is 8.00. The Morgan fingerprint density at radius 1 is 1.17 bits per heavy atom. The fraction of sp³-hybridized carbons (Fsp3) is 0.261. The molecule has 2 aromatic carbocycles. The van der Waals surface area contributed by atoms with E-state index >= 15 is 0 Å². The molecular formula is C23H25FN4OS. The Hall–Kier alpha value is -2.93. The zero-order valence-electron chi connectivity index (χ0n) is 17.3. The number of hydrogen-bond donors (Lipinski definition) is 1. The molecule has 3 aromatic rings. The van der Waals surface area contributed by atoms with Gasteiger partial charge in [0.1, 0.15) is 5.82 Å². The van der Waals surface area contributed by atoms with Gasteiger partial charge in [-0.25, -0.2) is 4.39 Å². The molecule has 0 aliphatic heterocycles. The number of amides is 1. The summed E-state index contributed by atoms with van der Waals surface area (Å²) in [4.78, 5) is 12.8. The second-order valence-corrected chi connectivity index (χ2v) is 8.48. The van der Waals surface area contributed by atoms with E-state index < -0.39 is 5.25 Å². The average molecular weight is 425 g/mol. The minimum atomic E-state index is -0.425. The molecule has 1 aromatic heterocycles. The molecule has 156 valence electrons. The molecule has 0 aliphatic carbocycles. The summed E-state index contributed by atoms with van der Waals surface area (Å²) in [6.45, 7) is 10.2. The first-order valence-electron chi connectivity index (χ1n) is 9.77. The molecule has 7 heteroatoms. The van der Waals surface area contributed by atoms with Gasteiger partial charge in [-0.2, -0.15) is 0 Å². The molecule has 0 fully saturated rings. The van der Waals surface area contributed by atoms with Gasteiger partial charge < -0.3 is 5.32 Å².